The number of aromatic carboxylic acids is 1. The number of carboxylic acids is 1. The number of ether oxygens (including phenoxy) is 1. The molecule has 0 unspecified atom stereocenters. The van der Waals surface area contributed by atoms with Gasteiger partial charge in [-0.05, 0) is 25.1 Å². The van der Waals surface area contributed by atoms with Gasteiger partial charge in [-0.25, -0.2) is 4.79 Å². The second kappa shape index (κ2) is 6.45. The van der Waals surface area contributed by atoms with Gasteiger partial charge in [-0.1, -0.05) is 30.4 Å². The molecular formula is C13H14O3. The van der Waals surface area contributed by atoms with E-state index in [-0.39, 0.29) is 5.56 Å². The maximum absolute atomic E-state index is 10.8. The maximum Gasteiger partial charge on any atom is 0.339 e. The second-order valence-electron chi connectivity index (χ2n) is 3.07. The zero-order chi connectivity index (χ0) is 11.8. The highest BCUT2D eigenvalue weighted by Crippen LogP contribution is 2.17. The third-order valence-electron chi connectivity index (χ3n) is 1.89. The predicted octanol–water partition coefficient (Wildman–Crippen LogP) is 2.90. The van der Waals surface area contributed by atoms with Gasteiger partial charge in [0.1, 0.15) is 17.9 Å². The van der Waals surface area contributed by atoms with Crippen LogP contribution in [0.3, 0.4) is 0 Å². The molecule has 0 aromatic heterocycles. The third kappa shape index (κ3) is 3.61. The summed E-state index contributed by atoms with van der Waals surface area (Å²) in [5, 5.41) is 8.90. The van der Waals surface area contributed by atoms with Crippen LogP contribution in [0.2, 0.25) is 0 Å². The fourth-order valence-corrected chi connectivity index (χ4v) is 1.15. The Kier molecular flexibility index (Phi) is 4.86. The number of hydrogen-bond donors (Lipinski definition) is 1. The van der Waals surface area contributed by atoms with Gasteiger partial charge in [0.15, 0.2) is 0 Å². The van der Waals surface area contributed by atoms with E-state index in [4.69, 9.17) is 9.84 Å². The molecule has 3 nitrogen and oxygen atoms in total. The molecule has 0 atom stereocenters. The highest BCUT2D eigenvalue weighted by molar-refractivity contribution is 5.90. The molecule has 0 spiro atoms. The average molecular weight is 218 g/mol. The van der Waals surface area contributed by atoms with Gasteiger partial charge in [0, 0.05) is 0 Å². The molecule has 0 amide bonds. The lowest BCUT2D eigenvalue weighted by atomic mass is 10.2. The minimum absolute atomic E-state index is 0.182. The summed E-state index contributed by atoms with van der Waals surface area (Å²) in [6, 6.07) is 6.59. The van der Waals surface area contributed by atoms with Crippen molar-refractivity contribution in [2.75, 3.05) is 6.61 Å². The zero-order valence-electron chi connectivity index (χ0n) is 9.09. The van der Waals surface area contributed by atoms with E-state index in [0.29, 0.717) is 12.4 Å². The van der Waals surface area contributed by atoms with Crippen molar-refractivity contribution in [3.05, 3.63) is 54.1 Å². The van der Waals surface area contributed by atoms with Crippen LogP contribution in [0.5, 0.6) is 5.75 Å². The molecule has 0 bridgehead atoms. The summed E-state index contributed by atoms with van der Waals surface area (Å²) in [5.41, 5.74) is 0.182. The van der Waals surface area contributed by atoms with Gasteiger partial charge in [0.2, 0.25) is 0 Å². The second-order valence-corrected chi connectivity index (χ2v) is 3.07. The Bertz CT molecular complexity index is 405. The number of para-hydroxylation sites is 1. The van der Waals surface area contributed by atoms with Crippen molar-refractivity contribution in [2.24, 2.45) is 0 Å². The molecule has 0 radical (unpaired) electrons. The molecule has 1 aromatic carbocycles. The van der Waals surface area contributed by atoms with E-state index in [1.54, 1.807) is 18.2 Å². The minimum Gasteiger partial charge on any atom is -0.489 e. The Morgan fingerprint density at radius 3 is 2.81 bits per heavy atom. The first-order valence-corrected chi connectivity index (χ1v) is 4.98. The minimum atomic E-state index is -0.979. The van der Waals surface area contributed by atoms with Gasteiger partial charge in [0.25, 0.3) is 0 Å². The van der Waals surface area contributed by atoms with Gasteiger partial charge in [-0.15, -0.1) is 0 Å². The Morgan fingerprint density at radius 2 is 2.12 bits per heavy atom. The van der Waals surface area contributed by atoms with E-state index in [9.17, 15) is 4.79 Å². The van der Waals surface area contributed by atoms with Crippen LogP contribution in [-0.4, -0.2) is 17.7 Å². The number of rotatable bonds is 5. The van der Waals surface area contributed by atoms with E-state index in [1.165, 1.54) is 6.07 Å². The molecule has 0 aliphatic carbocycles. The molecule has 0 saturated heterocycles. The van der Waals surface area contributed by atoms with E-state index >= 15 is 0 Å². The molecule has 0 fully saturated rings. The predicted molar refractivity (Wildman–Crippen MR) is 62.9 cm³/mol. The Labute approximate surface area is 94.7 Å². The van der Waals surface area contributed by atoms with Crippen LogP contribution in [0.15, 0.2) is 48.6 Å². The lowest BCUT2D eigenvalue weighted by Gasteiger charge is -2.05. The van der Waals surface area contributed by atoms with Crippen molar-refractivity contribution in [3.63, 3.8) is 0 Å². The largest absolute Gasteiger partial charge is 0.489 e. The fourth-order valence-electron chi connectivity index (χ4n) is 1.15. The zero-order valence-corrected chi connectivity index (χ0v) is 9.09. The smallest absolute Gasteiger partial charge is 0.339 e. The Morgan fingerprint density at radius 1 is 1.38 bits per heavy atom. The topological polar surface area (TPSA) is 46.5 Å². The van der Waals surface area contributed by atoms with Crippen LogP contribution in [0.25, 0.3) is 0 Å². The van der Waals surface area contributed by atoms with E-state index in [1.807, 2.05) is 31.2 Å². The monoisotopic (exact) mass is 218 g/mol. The van der Waals surface area contributed by atoms with Crippen LogP contribution in [-0.2, 0) is 0 Å². The number of carboxylic acid groups (broad SMARTS) is 1. The molecule has 1 N–H and O–H groups in total. The van der Waals surface area contributed by atoms with Crippen LogP contribution in [0.4, 0.5) is 0 Å². The number of carbonyl (C=O) groups is 1. The maximum atomic E-state index is 10.8. The van der Waals surface area contributed by atoms with Gasteiger partial charge < -0.3 is 9.84 Å². The van der Waals surface area contributed by atoms with Gasteiger partial charge in [-0.2, -0.15) is 0 Å². The molecule has 0 aliphatic heterocycles. The fraction of sp³-hybridized carbons (Fsp3) is 0.154. The standard InChI is InChI=1S/C13H14O3/c1-2-3-4-7-10-16-12-9-6-5-8-11(12)13(14)15/h2-9H,10H2,1H3,(H,14,15). The quantitative estimate of drug-likeness (QED) is 0.773. The van der Waals surface area contributed by atoms with Crippen molar-refractivity contribution in [3.8, 4) is 5.75 Å². The van der Waals surface area contributed by atoms with E-state index in [0.717, 1.165) is 0 Å². The summed E-state index contributed by atoms with van der Waals surface area (Å²) in [7, 11) is 0. The highest BCUT2D eigenvalue weighted by Gasteiger charge is 2.08. The summed E-state index contributed by atoms with van der Waals surface area (Å²) in [6.45, 7) is 2.28. The van der Waals surface area contributed by atoms with Crippen molar-refractivity contribution >= 4 is 5.97 Å². The molecule has 1 aromatic rings. The van der Waals surface area contributed by atoms with Crippen LogP contribution in [0.1, 0.15) is 17.3 Å². The van der Waals surface area contributed by atoms with Crippen molar-refractivity contribution in [1.29, 1.82) is 0 Å². The SMILES string of the molecule is CC=CC=CCOc1ccccc1C(=O)O. The van der Waals surface area contributed by atoms with Gasteiger partial charge in [0.05, 0.1) is 0 Å². The molecular weight excluding hydrogens is 204 g/mol. The van der Waals surface area contributed by atoms with Gasteiger partial charge in [-0.3, -0.25) is 0 Å². The average Bonchev–Trinajstić information content (AvgIpc) is 2.29. The van der Waals surface area contributed by atoms with Crippen LogP contribution in [0, 0.1) is 0 Å². The molecule has 0 saturated carbocycles. The normalized spacial score (nSPS) is 11.1. The number of benzene rings is 1. The first-order chi connectivity index (χ1) is 7.75. The van der Waals surface area contributed by atoms with Crippen molar-refractivity contribution in [2.45, 2.75) is 6.92 Å². The molecule has 3 heteroatoms. The molecule has 16 heavy (non-hydrogen) atoms. The molecule has 1 rings (SSSR count). The Balaban J connectivity index is 2.63. The highest BCUT2D eigenvalue weighted by atomic mass is 16.5. The summed E-state index contributed by atoms with van der Waals surface area (Å²) >= 11 is 0. The molecule has 0 heterocycles. The summed E-state index contributed by atoms with van der Waals surface area (Å²) in [5.74, 6) is -0.590. The number of hydrogen-bond acceptors (Lipinski definition) is 2. The van der Waals surface area contributed by atoms with Crippen LogP contribution >= 0.6 is 0 Å². The lowest BCUT2D eigenvalue weighted by molar-refractivity contribution is 0.0693. The summed E-state index contributed by atoms with van der Waals surface area (Å²) < 4.78 is 5.34. The van der Waals surface area contributed by atoms with E-state index < -0.39 is 5.97 Å². The first kappa shape index (κ1) is 12.0. The van der Waals surface area contributed by atoms with Crippen molar-refractivity contribution in [1.82, 2.24) is 0 Å². The summed E-state index contributed by atoms with van der Waals surface area (Å²) in [6.07, 6.45) is 7.45. The first-order valence-electron chi connectivity index (χ1n) is 4.98. The molecule has 0 aliphatic rings. The lowest BCUT2D eigenvalue weighted by Crippen LogP contribution is -2.02. The Hall–Kier alpha value is -2.03. The summed E-state index contributed by atoms with van der Waals surface area (Å²) in [4.78, 5) is 10.8. The van der Waals surface area contributed by atoms with E-state index in [2.05, 4.69) is 0 Å². The third-order valence-corrected chi connectivity index (χ3v) is 1.89. The van der Waals surface area contributed by atoms with Gasteiger partial charge >= 0.3 is 5.97 Å². The van der Waals surface area contributed by atoms with Crippen LogP contribution < -0.4 is 4.74 Å². The number of allylic oxidation sites excluding steroid dienone is 3. The van der Waals surface area contributed by atoms with Crippen molar-refractivity contribution < 1.29 is 14.6 Å². The molecule has 84 valence electrons.